The molecule has 0 saturated carbocycles. The van der Waals surface area contributed by atoms with E-state index in [-0.39, 0.29) is 35.1 Å². The van der Waals surface area contributed by atoms with Gasteiger partial charge in [-0.15, -0.1) is 0 Å². The number of rotatable bonds is 6. The Hall–Kier alpha value is -1.82. The zero-order chi connectivity index (χ0) is 17.5. The first kappa shape index (κ1) is 18.5. The second-order valence-corrected chi connectivity index (χ2v) is 7.35. The van der Waals surface area contributed by atoms with Crippen LogP contribution in [-0.4, -0.2) is 35.8 Å². The zero-order valence-electron chi connectivity index (χ0n) is 14.2. The van der Waals surface area contributed by atoms with Gasteiger partial charge in [0, 0.05) is 18.7 Å². The van der Waals surface area contributed by atoms with Crippen LogP contribution in [0.25, 0.3) is 0 Å². The van der Waals surface area contributed by atoms with Gasteiger partial charge in [0.1, 0.15) is 0 Å². The predicted molar refractivity (Wildman–Crippen MR) is 97.0 cm³/mol. The van der Waals surface area contributed by atoms with E-state index in [0.717, 1.165) is 30.3 Å². The molecule has 0 bridgehead atoms. The Morgan fingerprint density at radius 3 is 2.75 bits per heavy atom. The molecule has 130 valence electrons. The SMILES string of the molecule is CC(C)CC(=O)NCC(=O)SCC(=O)N1CCCc2ccccc21. The third kappa shape index (κ3) is 5.37. The second kappa shape index (κ2) is 8.87. The fraction of sp³-hybridized carbons (Fsp3) is 0.500. The van der Waals surface area contributed by atoms with Crippen molar-refractivity contribution in [3.63, 3.8) is 0 Å². The molecule has 1 heterocycles. The lowest BCUT2D eigenvalue weighted by Gasteiger charge is -2.29. The van der Waals surface area contributed by atoms with E-state index in [4.69, 9.17) is 0 Å². The Morgan fingerprint density at radius 2 is 2.00 bits per heavy atom. The van der Waals surface area contributed by atoms with Crippen molar-refractivity contribution in [3.05, 3.63) is 29.8 Å². The molecule has 1 N–H and O–H groups in total. The quantitative estimate of drug-likeness (QED) is 0.857. The first-order chi connectivity index (χ1) is 11.5. The molecule has 1 aliphatic heterocycles. The predicted octanol–water partition coefficient (Wildman–Crippen LogP) is 2.39. The van der Waals surface area contributed by atoms with Gasteiger partial charge in [-0.2, -0.15) is 0 Å². The van der Waals surface area contributed by atoms with Gasteiger partial charge >= 0.3 is 0 Å². The number of anilines is 1. The van der Waals surface area contributed by atoms with Gasteiger partial charge in [-0.05, 0) is 30.4 Å². The zero-order valence-corrected chi connectivity index (χ0v) is 15.0. The molecule has 5 nitrogen and oxygen atoms in total. The molecule has 1 aliphatic rings. The van der Waals surface area contributed by atoms with Crippen LogP contribution in [0.15, 0.2) is 24.3 Å². The lowest BCUT2D eigenvalue weighted by molar-refractivity contribution is -0.123. The number of thioether (sulfide) groups is 1. The molecule has 0 unspecified atom stereocenters. The Balaban J connectivity index is 1.79. The van der Waals surface area contributed by atoms with Crippen molar-refractivity contribution in [2.45, 2.75) is 33.1 Å². The Morgan fingerprint density at radius 1 is 1.25 bits per heavy atom. The number of amides is 2. The van der Waals surface area contributed by atoms with Crippen LogP contribution in [0.4, 0.5) is 5.69 Å². The summed E-state index contributed by atoms with van der Waals surface area (Å²) in [4.78, 5) is 37.6. The van der Waals surface area contributed by atoms with Crippen molar-refractivity contribution in [1.82, 2.24) is 5.32 Å². The molecule has 2 amide bonds. The second-order valence-electron chi connectivity index (χ2n) is 6.31. The Kier molecular flexibility index (Phi) is 6.85. The van der Waals surface area contributed by atoms with E-state index < -0.39 is 0 Å². The van der Waals surface area contributed by atoms with Crippen molar-refractivity contribution < 1.29 is 14.4 Å². The molecule has 0 aromatic heterocycles. The van der Waals surface area contributed by atoms with Crippen LogP contribution < -0.4 is 10.2 Å². The molecule has 0 radical (unpaired) electrons. The van der Waals surface area contributed by atoms with Gasteiger partial charge in [-0.25, -0.2) is 0 Å². The molecule has 2 rings (SSSR count). The van der Waals surface area contributed by atoms with Crippen LogP contribution in [0, 0.1) is 5.92 Å². The maximum Gasteiger partial charge on any atom is 0.237 e. The topological polar surface area (TPSA) is 66.5 Å². The fourth-order valence-corrected chi connectivity index (χ4v) is 3.29. The molecule has 6 heteroatoms. The summed E-state index contributed by atoms with van der Waals surface area (Å²) in [6.07, 6.45) is 2.32. The van der Waals surface area contributed by atoms with Gasteiger partial charge in [0.2, 0.25) is 16.9 Å². The first-order valence-corrected chi connectivity index (χ1v) is 9.26. The highest BCUT2D eigenvalue weighted by Gasteiger charge is 2.22. The van der Waals surface area contributed by atoms with Crippen molar-refractivity contribution in [3.8, 4) is 0 Å². The number of fused-ring (bicyclic) bond motifs is 1. The van der Waals surface area contributed by atoms with Gasteiger partial charge in [0.25, 0.3) is 0 Å². The maximum absolute atomic E-state index is 12.4. The molecular formula is C18H24N2O3S. The van der Waals surface area contributed by atoms with Crippen LogP contribution in [0.2, 0.25) is 0 Å². The van der Waals surface area contributed by atoms with Gasteiger partial charge in [0.05, 0.1) is 12.3 Å². The van der Waals surface area contributed by atoms with Crippen molar-refractivity contribution in [2.24, 2.45) is 5.92 Å². The molecule has 1 aromatic carbocycles. The number of nitrogens with one attached hydrogen (secondary N) is 1. The number of nitrogens with zero attached hydrogens (tertiary/aromatic N) is 1. The fourth-order valence-electron chi connectivity index (χ4n) is 2.68. The van der Waals surface area contributed by atoms with Crippen LogP contribution in [0.3, 0.4) is 0 Å². The summed E-state index contributed by atoms with van der Waals surface area (Å²) < 4.78 is 0. The number of para-hydroxylation sites is 1. The average Bonchev–Trinajstić information content (AvgIpc) is 2.56. The molecule has 1 aromatic rings. The highest BCUT2D eigenvalue weighted by atomic mass is 32.2. The summed E-state index contributed by atoms with van der Waals surface area (Å²) in [6.45, 7) is 4.56. The van der Waals surface area contributed by atoms with Gasteiger partial charge in [0.15, 0.2) is 0 Å². The third-order valence-corrected chi connectivity index (χ3v) is 4.65. The molecule has 0 atom stereocenters. The average molecular weight is 348 g/mol. The number of carbonyl (C=O) groups excluding carboxylic acids is 3. The van der Waals surface area contributed by atoms with E-state index >= 15 is 0 Å². The largest absolute Gasteiger partial charge is 0.348 e. The van der Waals surface area contributed by atoms with Crippen LogP contribution in [0.5, 0.6) is 0 Å². The Labute approximate surface area is 147 Å². The molecule has 0 spiro atoms. The van der Waals surface area contributed by atoms with Crippen molar-refractivity contribution in [2.75, 3.05) is 23.7 Å². The van der Waals surface area contributed by atoms with E-state index in [1.165, 1.54) is 5.56 Å². The summed E-state index contributed by atoms with van der Waals surface area (Å²) in [5.41, 5.74) is 2.13. The van der Waals surface area contributed by atoms with Gasteiger partial charge in [-0.3, -0.25) is 14.4 Å². The van der Waals surface area contributed by atoms with E-state index in [1.807, 2.05) is 38.1 Å². The van der Waals surface area contributed by atoms with Crippen LogP contribution in [-0.2, 0) is 20.8 Å². The normalized spacial score (nSPS) is 13.5. The van der Waals surface area contributed by atoms with E-state index in [9.17, 15) is 14.4 Å². The first-order valence-electron chi connectivity index (χ1n) is 8.28. The standard InChI is InChI=1S/C18H24N2O3S/c1-13(2)10-16(21)19-11-18(23)24-12-17(22)20-9-5-7-14-6-3-4-8-15(14)20/h3-4,6,8,13H,5,7,9-12H2,1-2H3,(H,19,21). The summed E-state index contributed by atoms with van der Waals surface area (Å²) in [5.74, 6) is 0.172. The number of carbonyl (C=O) groups is 3. The highest BCUT2D eigenvalue weighted by Crippen LogP contribution is 2.27. The Bertz CT molecular complexity index is 616. The lowest BCUT2D eigenvalue weighted by Crippen LogP contribution is -2.37. The summed E-state index contributed by atoms with van der Waals surface area (Å²) in [6, 6.07) is 7.89. The maximum atomic E-state index is 12.4. The van der Waals surface area contributed by atoms with E-state index in [0.29, 0.717) is 13.0 Å². The number of hydrogen-bond donors (Lipinski definition) is 1. The number of benzene rings is 1. The molecule has 0 fully saturated rings. The minimum Gasteiger partial charge on any atom is -0.348 e. The molecule has 0 aliphatic carbocycles. The van der Waals surface area contributed by atoms with E-state index in [2.05, 4.69) is 5.32 Å². The minimum atomic E-state index is -0.189. The number of aryl methyl sites for hydroxylation is 1. The monoisotopic (exact) mass is 348 g/mol. The van der Waals surface area contributed by atoms with Gasteiger partial charge < -0.3 is 10.2 Å². The van der Waals surface area contributed by atoms with Crippen molar-refractivity contribution in [1.29, 1.82) is 0 Å². The molecular weight excluding hydrogens is 324 g/mol. The molecule has 0 saturated heterocycles. The highest BCUT2D eigenvalue weighted by molar-refractivity contribution is 8.14. The third-order valence-electron chi connectivity index (χ3n) is 3.79. The minimum absolute atomic E-state index is 0.0277. The summed E-state index contributed by atoms with van der Waals surface area (Å²) >= 11 is 0.969. The lowest BCUT2D eigenvalue weighted by atomic mass is 10.0. The van der Waals surface area contributed by atoms with Crippen molar-refractivity contribution >= 4 is 34.4 Å². The smallest absolute Gasteiger partial charge is 0.237 e. The van der Waals surface area contributed by atoms with Crippen LogP contribution in [0.1, 0.15) is 32.3 Å². The molecule has 24 heavy (non-hydrogen) atoms. The van der Waals surface area contributed by atoms with Gasteiger partial charge in [-0.1, -0.05) is 43.8 Å². The number of hydrogen-bond acceptors (Lipinski definition) is 4. The van der Waals surface area contributed by atoms with E-state index in [1.54, 1.807) is 4.90 Å². The summed E-state index contributed by atoms with van der Waals surface area (Å²) in [5, 5.41) is 2.41. The summed E-state index contributed by atoms with van der Waals surface area (Å²) in [7, 11) is 0. The van der Waals surface area contributed by atoms with Crippen LogP contribution >= 0.6 is 11.8 Å².